The topological polar surface area (TPSA) is 25.0 Å². The zero-order valence-corrected chi connectivity index (χ0v) is 13.4. The Morgan fingerprint density at radius 3 is 2.06 bits per heavy atom. The number of hydrogen-bond acceptors (Lipinski definition) is 1. The van der Waals surface area contributed by atoms with Crippen molar-refractivity contribution in [1.29, 1.82) is 0 Å². The Kier molecular flexibility index (Phi) is 7.30. The van der Waals surface area contributed by atoms with Gasteiger partial charge in [0, 0.05) is 17.3 Å². The lowest BCUT2D eigenvalue weighted by Gasteiger charge is -2.53. The van der Waals surface area contributed by atoms with Crippen molar-refractivity contribution in [3.05, 3.63) is 24.0 Å². The van der Waals surface area contributed by atoms with Gasteiger partial charge in [0.05, 0.1) is 6.10 Å². The lowest BCUT2D eigenvalue weighted by Crippen LogP contribution is -2.52. The summed E-state index contributed by atoms with van der Waals surface area (Å²) in [5.74, 6) is 0.594. The summed E-state index contributed by atoms with van der Waals surface area (Å²) in [6, 6.07) is 4.13. The van der Waals surface area contributed by atoms with Crippen molar-refractivity contribution >= 4 is 0 Å². The molecule has 0 aliphatic carbocycles. The van der Waals surface area contributed by atoms with E-state index in [1.807, 2.05) is 40.0 Å². The fraction of sp³-hybridized carbons (Fsp3) is 0.750. The first-order chi connectivity index (χ1) is 8.53. The second kappa shape index (κ2) is 7.63. The van der Waals surface area contributed by atoms with Crippen LogP contribution in [0.25, 0.3) is 0 Å². The molecule has 1 aromatic rings. The molecule has 2 heteroatoms. The number of H-pyrrole nitrogens is 1. The van der Waals surface area contributed by atoms with Crippen molar-refractivity contribution < 1.29 is 4.74 Å². The van der Waals surface area contributed by atoms with Gasteiger partial charge in [0.15, 0.2) is 0 Å². The summed E-state index contributed by atoms with van der Waals surface area (Å²) in [5.41, 5.74) is 1.45. The molecule has 0 aromatic carbocycles. The molecule has 0 radical (unpaired) electrons. The standard InChI is InChI=1S/C12H19NO.2C2H6/c1-8(2)10-12(3,4)11(14-10)9-6-5-7-13-9;2*1-2/h5-8,10-11,13H,1-4H3;2*1-2H3. The number of aromatic nitrogens is 1. The van der Waals surface area contributed by atoms with E-state index >= 15 is 0 Å². The highest BCUT2D eigenvalue weighted by Crippen LogP contribution is 2.52. The predicted octanol–water partition coefficient (Wildman–Crippen LogP) is 5.19. The monoisotopic (exact) mass is 253 g/mol. The number of nitrogens with one attached hydrogen (secondary N) is 1. The summed E-state index contributed by atoms with van der Waals surface area (Å²) in [6.07, 6.45) is 2.58. The van der Waals surface area contributed by atoms with Crippen LogP contribution in [-0.2, 0) is 4.74 Å². The van der Waals surface area contributed by atoms with Gasteiger partial charge in [0.1, 0.15) is 6.10 Å². The largest absolute Gasteiger partial charge is 0.367 e. The highest BCUT2D eigenvalue weighted by molar-refractivity contribution is 5.15. The van der Waals surface area contributed by atoms with E-state index in [4.69, 9.17) is 4.74 Å². The van der Waals surface area contributed by atoms with Crippen molar-refractivity contribution in [2.75, 3.05) is 0 Å². The molecule has 1 saturated heterocycles. The lowest BCUT2D eigenvalue weighted by molar-refractivity contribution is -0.256. The molecule has 2 atom stereocenters. The maximum atomic E-state index is 5.93. The average molecular weight is 253 g/mol. The molecule has 2 rings (SSSR count). The van der Waals surface area contributed by atoms with Crippen LogP contribution in [0.2, 0.25) is 0 Å². The molecule has 0 saturated carbocycles. The van der Waals surface area contributed by atoms with Gasteiger partial charge in [-0.3, -0.25) is 0 Å². The van der Waals surface area contributed by atoms with Crippen LogP contribution >= 0.6 is 0 Å². The average Bonchev–Trinajstić information content (AvgIpc) is 2.86. The third kappa shape index (κ3) is 3.38. The summed E-state index contributed by atoms with van der Waals surface area (Å²) in [4.78, 5) is 3.23. The molecule has 0 spiro atoms. The van der Waals surface area contributed by atoms with Gasteiger partial charge in [-0.15, -0.1) is 0 Å². The molecule has 1 aliphatic heterocycles. The Hall–Kier alpha value is -0.760. The van der Waals surface area contributed by atoms with E-state index in [9.17, 15) is 0 Å². The normalized spacial score (nSPS) is 24.3. The van der Waals surface area contributed by atoms with Crippen molar-refractivity contribution in [2.24, 2.45) is 11.3 Å². The smallest absolute Gasteiger partial charge is 0.105 e. The molecular weight excluding hydrogens is 222 g/mol. The molecule has 2 heterocycles. The molecule has 1 aromatic heterocycles. The van der Waals surface area contributed by atoms with E-state index in [0.29, 0.717) is 12.0 Å². The number of hydrogen-bond donors (Lipinski definition) is 1. The van der Waals surface area contributed by atoms with Gasteiger partial charge in [-0.25, -0.2) is 0 Å². The fourth-order valence-electron chi connectivity index (χ4n) is 2.57. The Labute approximate surface area is 113 Å². The first-order valence-corrected chi connectivity index (χ1v) is 7.32. The van der Waals surface area contributed by atoms with Crippen molar-refractivity contribution in [1.82, 2.24) is 4.98 Å². The van der Waals surface area contributed by atoms with Crippen LogP contribution in [0.5, 0.6) is 0 Å². The molecule has 1 aliphatic rings. The van der Waals surface area contributed by atoms with E-state index in [-0.39, 0.29) is 11.5 Å². The van der Waals surface area contributed by atoms with Crippen LogP contribution < -0.4 is 0 Å². The van der Waals surface area contributed by atoms with Gasteiger partial charge in [-0.2, -0.15) is 0 Å². The summed E-state index contributed by atoms with van der Waals surface area (Å²) in [6.45, 7) is 17.0. The van der Waals surface area contributed by atoms with Crippen LogP contribution in [0.15, 0.2) is 18.3 Å². The third-order valence-electron chi connectivity index (χ3n) is 3.20. The molecule has 18 heavy (non-hydrogen) atoms. The minimum atomic E-state index is 0.241. The minimum absolute atomic E-state index is 0.241. The van der Waals surface area contributed by atoms with Gasteiger partial charge >= 0.3 is 0 Å². The number of ether oxygens (including phenoxy) is 1. The van der Waals surface area contributed by atoms with E-state index in [2.05, 4.69) is 38.7 Å². The van der Waals surface area contributed by atoms with Gasteiger partial charge in [0.2, 0.25) is 0 Å². The zero-order chi connectivity index (χ0) is 14.3. The Morgan fingerprint density at radius 1 is 1.17 bits per heavy atom. The maximum absolute atomic E-state index is 5.93. The first-order valence-electron chi connectivity index (χ1n) is 7.32. The molecule has 2 unspecified atom stereocenters. The van der Waals surface area contributed by atoms with Gasteiger partial charge < -0.3 is 9.72 Å². The van der Waals surface area contributed by atoms with Gasteiger partial charge in [0.25, 0.3) is 0 Å². The maximum Gasteiger partial charge on any atom is 0.105 e. The Balaban J connectivity index is 0.000000659. The Morgan fingerprint density at radius 2 is 1.72 bits per heavy atom. The van der Waals surface area contributed by atoms with Crippen molar-refractivity contribution in [3.63, 3.8) is 0 Å². The van der Waals surface area contributed by atoms with Crippen LogP contribution in [0.1, 0.15) is 67.2 Å². The second-order valence-electron chi connectivity index (χ2n) is 5.13. The van der Waals surface area contributed by atoms with E-state index in [0.717, 1.165) is 0 Å². The molecule has 1 N–H and O–H groups in total. The van der Waals surface area contributed by atoms with Crippen molar-refractivity contribution in [2.45, 2.75) is 67.6 Å². The summed E-state index contributed by atoms with van der Waals surface area (Å²) >= 11 is 0. The quantitative estimate of drug-likeness (QED) is 0.771. The Bertz CT molecular complexity index is 301. The van der Waals surface area contributed by atoms with Gasteiger partial charge in [-0.1, -0.05) is 55.4 Å². The van der Waals surface area contributed by atoms with Crippen LogP contribution in [0.3, 0.4) is 0 Å². The van der Waals surface area contributed by atoms with E-state index < -0.39 is 0 Å². The lowest BCUT2D eigenvalue weighted by atomic mass is 9.70. The summed E-state index contributed by atoms with van der Waals surface area (Å²) < 4.78 is 5.93. The molecule has 0 amide bonds. The van der Waals surface area contributed by atoms with Crippen LogP contribution in [0, 0.1) is 11.3 Å². The fourth-order valence-corrected chi connectivity index (χ4v) is 2.57. The first kappa shape index (κ1) is 17.2. The third-order valence-corrected chi connectivity index (χ3v) is 3.20. The summed E-state index contributed by atoms with van der Waals surface area (Å²) in [5, 5.41) is 0. The zero-order valence-electron chi connectivity index (χ0n) is 13.4. The SMILES string of the molecule is CC.CC.CC(C)C1OC(c2ccc[nH]2)C1(C)C. The number of aromatic amines is 1. The second-order valence-corrected chi connectivity index (χ2v) is 5.13. The minimum Gasteiger partial charge on any atom is -0.367 e. The predicted molar refractivity (Wildman–Crippen MR) is 79.7 cm³/mol. The van der Waals surface area contributed by atoms with E-state index in [1.54, 1.807) is 0 Å². The van der Waals surface area contributed by atoms with Gasteiger partial charge in [-0.05, 0) is 18.1 Å². The molecule has 106 valence electrons. The van der Waals surface area contributed by atoms with Crippen LogP contribution in [-0.4, -0.2) is 11.1 Å². The van der Waals surface area contributed by atoms with E-state index in [1.165, 1.54) is 5.69 Å². The molecular formula is C16H31NO. The summed E-state index contributed by atoms with van der Waals surface area (Å²) in [7, 11) is 0. The highest BCUT2D eigenvalue weighted by Gasteiger charge is 2.51. The molecule has 0 bridgehead atoms. The molecule has 2 nitrogen and oxygen atoms in total. The number of rotatable bonds is 2. The molecule has 1 fully saturated rings. The van der Waals surface area contributed by atoms with Crippen molar-refractivity contribution in [3.8, 4) is 0 Å². The highest BCUT2D eigenvalue weighted by atomic mass is 16.5. The van der Waals surface area contributed by atoms with Crippen LogP contribution in [0.4, 0.5) is 0 Å².